The van der Waals surface area contributed by atoms with Crippen molar-refractivity contribution in [1.82, 2.24) is 15.0 Å². The molecule has 0 atom stereocenters. The third-order valence-corrected chi connectivity index (χ3v) is 2.90. The van der Waals surface area contributed by atoms with Gasteiger partial charge in [-0.2, -0.15) is 0 Å². The Balaban J connectivity index is 1.97. The van der Waals surface area contributed by atoms with Crippen LogP contribution in [0.5, 0.6) is 0 Å². The van der Waals surface area contributed by atoms with Crippen LogP contribution in [0.15, 0.2) is 55.0 Å². The number of nitrogens with two attached hydrogens (primary N) is 1. The van der Waals surface area contributed by atoms with Gasteiger partial charge in [-0.3, -0.25) is 4.98 Å². The Morgan fingerprint density at radius 3 is 2.95 bits per heavy atom. The number of hydrogen-bond acceptors (Lipinski definition) is 5. The van der Waals surface area contributed by atoms with E-state index in [-0.39, 0.29) is 11.5 Å². The molecule has 3 N–H and O–H groups in total. The molecule has 1 aromatic carbocycles. The molecule has 5 nitrogen and oxygen atoms in total. The van der Waals surface area contributed by atoms with Crippen molar-refractivity contribution < 1.29 is 4.11 Å². The minimum atomic E-state index is -2.27. The van der Waals surface area contributed by atoms with Crippen LogP contribution in [0.1, 0.15) is 9.68 Å². The van der Waals surface area contributed by atoms with Gasteiger partial charge in [-0.15, -0.1) is 0 Å². The number of hydrogen-bond donors (Lipinski definition) is 2. The first kappa shape index (κ1) is 9.88. The Kier molecular flexibility index (Phi) is 2.63. The zero-order chi connectivity index (χ0) is 17.2. The molecule has 0 aliphatic heterocycles. The molecule has 0 radical (unpaired) electrons. The van der Waals surface area contributed by atoms with Gasteiger partial charge in [0, 0.05) is 39.6 Å². The summed E-state index contributed by atoms with van der Waals surface area (Å²) in [5, 5.41) is 2.95. The number of benzene rings is 1. The highest BCUT2D eigenvalue weighted by atomic mass is 15.1. The normalized spacial score (nSPS) is 13.0. The Labute approximate surface area is 127 Å². The number of aryl methyl sites for hydroxylation is 1. The maximum atomic E-state index is 7.63. The first-order valence-corrected chi connectivity index (χ1v) is 6.34. The van der Waals surface area contributed by atoms with E-state index in [1.807, 2.05) is 12.1 Å². The summed E-state index contributed by atoms with van der Waals surface area (Å²) in [5.74, 6) is 0.285. The zero-order valence-electron chi connectivity index (χ0n) is 14.1. The summed E-state index contributed by atoms with van der Waals surface area (Å²) in [6.45, 7) is -2.27. The summed E-state index contributed by atoms with van der Waals surface area (Å²) in [4.78, 5) is 12.6. The van der Waals surface area contributed by atoms with Gasteiger partial charge in [-0.05, 0) is 42.7 Å². The van der Waals surface area contributed by atoms with Gasteiger partial charge in [0.2, 0.25) is 5.95 Å². The fourth-order valence-corrected chi connectivity index (χ4v) is 1.88. The molecule has 3 aromatic rings. The molecule has 0 unspecified atom stereocenters. The van der Waals surface area contributed by atoms with Crippen molar-refractivity contribution in [2.75, 3.05) is 11.1 Å². The lowest BCUT2D eigenvalue weighted by Gasteiger charge is -2.09. The van der Waals surface area contributed by atoms with Crippen LogP contribution in [0, 0.1) is 6.85 Å². The van der Waals surface area contributed by atoms with Crippen LogP contribution in [-0.4, -0.2) is 15.0 Å². The van der Waals surface area contributed by atoms with E-state index in [9.17, 15) is 0 Å². The van der Waals surface area contributed by atoms with Crippen molar-refractivity contribution in [2.45, 2.75) is 6.85 Å². The second kappa shape index (κ2) is 5.58. The molecule has 5 heteroatoms. The maximum absolute atomic E-state index is 7.63. The van der Waals surface area contributed by atoms with E-state index < -0.39 is 6.85 Å². The first-order chi connectivity index (χ1) is 11.4. The standard InChI is InChI=1S/C16H15N5/c1-11-4-5-13(17)9-15(11)21-16-19-8-6-14(20-16)12-3-2-7-18-10-12/h2-10H,17H2,1H3,(H,19,20,21)/i1D3. The van der Waals surface area contributed by atoms with E-state index in [1.165, 1.54) is 6.07 Å². The second-order valence-electron chi connectivity index (χ2n) is 4.44. The van der Waals surface area contributed by atoms with Crippen LogP contribution < -0.4 is 11.1 Å². The molecule has 0 amide bonds. The monoisotopic (exact) mass is 280 g/mol. The van der Waals surface area contributed by atoms with E-state index in [0.29, 0.717) is 17.1 Å². The highest BCUT2D eigenvalue weighted by Crippen LogP contribution is 2.22. The molecule has 0 aliphatic rings. The van der Waals surface area contributed by atoms with Gasteiger partial charge in [0.1, 0.15) is 0 Å². The fraction of sp³-hybridized carbons (Fsp3) is 0.0625. The molecule has 3 rings (SSSR count). The molecule has 0 fully saturated rings. The summed E-state index contributed by atoms with van der Waals surface area (Å²) in [7, 11) is 0. The van der Waals surface area contributed by atoms with Crippen molar-refractivity contribution in [1.29, 1.82) is 0 Å². The summed E-state index contributed by atoms with van der Waals surface area (Å²) in [5.41, 5.74) is 8.26. The maximum Gasteiger partial charge on any atom is 0.227 e. The van der Waals surface area contributed by atoms with E-state index in [2.05, 4.69) is 20.3 Å². The lowest BCUT2D eigenvalue weighted by Crippen LogP contribution is -2.00. The molecular weight excluding hydrogens is 262 g/mol. The van der Waals surface area contributed by atoms with Gasteiger partial charge < -0.3 is 11.1 Å². The molecule has 2 aromatic heterocycles. The summed E-state index contributed by atoms with van der Waals surface area (Å²) < 4.78 is 22.9. The van der Waals surface area contributed by atoms with Crippen molar-refractivity contribution in [2.24, 2.45) is 0 Å². The molecule has 2 heterocycles. The highest BCUT2D eigenvalue weighted by molar-refractivity contribution is 5.65. The summed E-state index contributed by atoms with van der Waals surface area (Å²) in [6, 6.07) is 10.0. The Morgan fingerprint density at radius 1 is 1.19 bits per heavy atom. The van der Waals surface area contributed by atoms with Gasteiger partial charge >= 0.3 is 0 Å². The van der Waals surface area contributed by atoms with Crippen LogP contribution in [-0.2, 0) is 0 Å². The van der Waals surface area contributed by atoms with Crippen molar-refractivity contribution in [3.05, 3.63) is 60.6 Å². The van der Waals surface area contributed by atoms with Crippen LogP contribution in [0.25, 0.3) is 11.3 Å². The molecule has 104 valence electrons. The topological polar surface area (TPSA) is 76.7 Å². The SMILES string of the molecule is [2H]C([2H])([2H])c1ccc(N)cc1Nc1nccc(-c2cccnc2)n1. The minimum Gasteiger partial charge on any atom is -0.399 e. The van der Waals surface area contributed by atoms with Gasteiger partial charge in [-0.1, -0.05) is 6.07 Å². The zero-order valence-corrected chi connectivity index (χ0v) is 11.1. The molecule has 0 aliphatic carbocycles. The first-order valence-electron chi connectivity index (χ1n) is 7.84. The average Bonchev–Trinajstić information content (AvgIpc) is 2.55. The van der Waals surface area contributed by atoms with Gasteiger partial charge in [-0.25, -0.2) is 9.97 Å². The quantitative estimate of drug-likeness (QED) is 0.721. The number of aromatic nitrogens is 3. The van der Waals surface area contributed by atoms with E-state index in [4.69, 9.17) is 9.85 Å². The Bertz CT molecular complexity index is 850. The Morgan fingerprint density at radius 2 is 2.14 bits per heavy atom. The number of nitrogen functional groups attached to an aromatic ring is 1. The number of rotatable bonds is 3. The molecule has 0 spiro atoms. The summed E-state index contributed by atoms with van der Waals surface area (Å²) >= 11 is 0. The molecular formula is C16H15N5. The third kappa shape index (κ3) is 2.97. The smallest absolute Gasteiger partial charge is 0.227 e. The number of anilines is 3. The van der Waals surface area contributed by atoms with Crippen LogP contribution in [0.4, 0.5) is 17.3 Å². The van der Waals surface area contributed by atoms with Crippen LogP contribution in [0.3, 0.4) is 0 Å². The molecule has 0 saturated carbocycles. The predicted octanol–water partition coefficient (Wildman–Crippen LogP) is 3.17. The van der Waals surface area contributed by atoms with E-state index in [0.717, 1.165) is 5.56 Å². The average molecular weight is 280 g/mol. The van der Waals surface area contributed by atoms with Crippen molar-refractivity contribution >= 4 is 17.3 Å². The lowest BCUT2D eigenvalue weighted by atomic mass is 10.2. The molecule has 0 bridgehead atoms. The lowest BCUT2D eigenvalue weighted by molar-refractivity contribution is 1.16. The van der Waals surface area contributed by atoms with Crippen molar-refractivity contribution in [3.8, 4) is 11.3 Å². The predicted molar refractivity (Wildman–Crippen MR) is 84.1 cm³/mol. The molecule has 21 heavy (non-hydrogen) atoms. The van der Waals surface area contributed by atoms with E-state index >= 15 is 0 Å². The largest absolute Gasteiger partial charge is 0.399 e. The number of nitrogens with one attached hydrogen (secondary N) is 1. The number of pyridine rings is 1. The second-order valence-corrected chi connectivity index (χ2v) is 4.44. The summed E-state index contributed by atoms with van der Waals surface area (Å²) in [6.07, 6.45) is 4.97. The van der Waals surface area contributed by atoms with Gasteiger partial charge in [0.25, 0.3) is 0 Å². The fourth-order valence-electron chi connectivity index (χ4n) is 1.88. The van der Waals surface area contributed by atoms with Gasteiger partial charge in [0.15, 0.2) is 0 Å². The number of nitrogens with zero attached hydrogens (tertiary/aromatic N) is 3. The van der Waals surface area contributed by atoms with Crippen LogP contribution >= 0.6 is 0 Å². The Hall–Kier alpha value is -2.95. The molecule has 0 saturated heterocycles. The van der Waals surface area contributed by atoms with Crippen molar-refractivity contribution in [3.63, 3.8) is 0 Å². The third-order valence-electron chi connectivity index (χ3n) is 2.90. The van der Waals surface area contributed by atoms with Crippen LogP contribution in [0.2, 0.25) is 0 Å². The van der Waals surface area contributed by atoms with E-state index in [1.54, 1.807) is 36.8 Å². The van der Waals surface area contributed by atoms with Gasteiger partial charge in [0.05, 0.1) is 5.69 Å². The minimum absolute atomic E-state index is 0.159. The highest BCUT2D eigenvalue weighted by Gasteiger charge is 2.04.